The number of rotatable bonds is 9. The molecule has 0 aliphatic rings. The summed E-state index contributed by atoms with van der Waals surface area (Å²) in [6, 6.07) is 12.0. The van der Waals surface area contributed by atoms with Crippen molar-refractivity contribution >= 4 is 23.1 Å². The minimum Gasteiger partial charge on any atom is -0.491 e. The molecule has 9 heteroatoms. The van der Waals surface area contributed by atoms with Gasteiger partial charge < -0.3 is 15.4 Å². The average molecular weight is 434 g/mol. The Morgan fingerprint density at radius 2 is 1.71 bits per heavy atom. The molecule has 0 saturated heterocycles. The van der Waals surface area contributed by atoms with Gasteiger partial charge in [-0.05, 0) is 42.8 Å². The van der Waals surface area contributed by atoms with E-state index in [1.54, 1.807) is 24.3 Å². The molecule has 0 spiro atoms. The van der Waals surface area contributed by atoms with Crippen LogP contribution in [0.1, 0.15) is 31.7 Å². The molecule has 0 fully saturated rings. The van der Waals surface area contributed by atoms with Gasteiger partial charge in [-0.1, -0.05) is 31.9 Å². The first-order valence-electron chi connectivity index (χ1n) is 9.82. The molecule has 0 amide bonds. The van der Waals surface area contributed by atoms with E-state index < -0.39 is 23.4 Å². The second-order valence-corrected chi connectivity index (χ2v) is 6.76. The first-order chi connectivity index (χ1) is 14.9. The number of nitrogens with zero attached hydrogens (tertiary/aromatic N) is 2. The van der Waals surface area contributed by atoms with Crippen LogP contribution in [-0.4, -0.2) is 16.6 Å². The van der Waals surface area contributed by atoms with Crippen molar-refractivity contribution < 1.29 is 22.3 Å². The van der Waals surface area contributed by atoms with Crippen molar-refractivity contribution in [3.8, 4) is 5.75 Å². The molecule has 3 rings (SSSR count). The van der Waals surface area contributed by atoms with E-state index >= 15 is 0 Å². The number of unbranched alkanes of at least 4 members (excludes halogenated alkanes) is 2. The van der Waals surface area contributed by atoms with Crippen molar-refractivity contribution in [1.82, 2.24) is 9.97 Å². The highest BCUT2D eigenvalue weighted by molar-refractivity contribution is 5.67. The summed E-state index contributed by atoms with van der Waals surface area (Å²) in [4.78, 5) is 7.75. The number of alkyl halides is 3. The number of benzene rings is 2. The van der Waals surface area contributed by atoms with E-state index in [0.29, 0.717) is 29.9 Å². The fraction of sp³-hybridized carbons (Fsp3) is 0.273. The quantitative estimate of drug-likeness (QED) is 0.290. The number of hydrogen-bond acceptors (Lipinski definition) is 5. The van der Waals surface area contributed by atoms with E-state index in [0.717, 1.165) is 19.3 Å². The van der Waals surface area contributed by atoms with Crippen LogP contribution in [0.15, 0.2) is 54.7 Å². The number of anilines is 4. The maximum atomic E-state index is 13.5. The molecule has 2 N–H and O–H groups in total. The van der Waals surface area contributed by atoms with E-state index in [4.69, 9.17) is 4.74 Å². The molecule has 31 heavy (non-hydrogen) atoms. The zero-order valence-corrected chi connectivity index (χ0v) is 16.8. The highest BCUT2D eigenvalue weighted by Crippen LogP contribution is 2.37. The molecule has 0 saturated carbocycles. The minimum absolute atomic E-state index is 0.0662. The largest absolute Gasteiger partial charge is 0.491 e. The van der Waals surface area contributed by atoms with Crippen LogP contribution in [0.4, 0.5) is 40.7 Å². The molecular weight excluding hydrogens is 412 g/mol. The van der Waals surface area contributed by atoms with Crippen LogP contribution in [0.25, 0.3) is 0 Å². The second kappa shape index (κ2) is 10.1. The van der Waals surface area contributed by atoms with Gasteiger partial charge in [0.25, 0.3) is 0 Å². The summed E-state index contributed by atoms with van der Waals surface area (Å²) in [5.41, 5.74) is -0.222. The van der Waals surface area contributed by atoms with Crippen molar-refractivity contribution in [2.75, 3.05) is 17.2 Å². The smallest absolute Gasteiger partial charge is 0.421 e. The van der Waals surface area contributed by atoms with Gasteiger partial charge in [0.2, 0.25) is 5.95 Å². The molecule has 5 nitrogen and oxygen atoms in total. The lowest BCUT2D eigenvalue weighted by Gasteiger charge is -2.17. The van der Waals surface area contributed by atoms with Gasteiger partial charge in [-0.15, -0.1) is 0 Å². The normalized spacial score (nSPS) is 11.3. The van der Waals surface area contributed by atoms with Gasteiger partial charge in [-0.2, -0.15) is 18.2 Å². The van der Waals surface area contributed by atoms with Crippen LogP contribution in [0, 0.1) is 5.82 Å². The number of hydrogen-bond donors (Lipinski definition) is 2. The monoisotopic (exact) mass is 434 g/mol. The maximum absolute atomic E-state index is 13.5. The van der Waals surface area contributed by atoms with Crippen LogP contribution < -0.4 is 15.4 Å². The summed E-state index contributed by atoms with van der Waals surface area (Å²) < 4.78 is 59.4. The molecule has 0 radical (unpaired) electrons. The second-order valence-electron chi connectivity index (χ2n) is 6.76. The highest BCUT2D eigenvalue weighted by Gasteiger charge is 2.35. The predicted molar refractivity (Wildman–Crippen MR) is 111 cm³/mol. The molecule has 164 valence electrons. The Kier molecular flexibility index (Phi) is 7.28. The van der Waals surface area contributed by atoms with Gasteiger partial charge in [0.15, 0.2) is 0 Å². The van der Waals surface area contributed by atoms with Crippen LogP contribution in [0.2, 0.25) is 0 Å². The van der Waals surface area contributed by atoms with Crippen molar-refractivity contribution in [2.24, 2.45) is 0 Å². The van der Waals surface area contributed by atoms with Gasteiger partial charge in [0.05, 0.1) is 12.3 Å². The molecule has 0 aliphatic carbocycles. The van der Waals surface area contributed by atoms with Crippen LogP contribution in [0.5, 0.6) is 5.75 Å². The van der Waals surface area contributed by atoms with Crippen LogP contribution >= 0.6 is 0 Å². The number of halogens is 4. The van der Waals surface area contributed by atoms with E-state index in [1.807, 2.05) is 0 Å². The van der Waals surface area contributed by atoms with E-state index in [1.165, 1.54) is 24.3 Å². The third-order valence-corrected chi connectivity index (χ3v) is 4.34. The molecule has 1 heterocycles. The van der Waals surface area contributed by atoms with E-state index in [-0.39, 0.29) is 5.95 Å². The van der Waals surface area contributed by atoms with Gasteiger partial charge in [0.1, 0.15) is 22.9 Å². The van der Waals surface area contributed by atoms with Crippen molar-refractivity contribution in [2.45, 2.75) is 32.4 Å². The summed E-state index contributed by atoms with van der Waals surface area (Å²) in [7, 11) is 0. The zero-order chi connectivity index (χ0) is 22.3. The van der Waals surface area contributed by atoms with Gasteiger partial charge >= 0.3 is 6.18 Å². The summed E-state index contributed by atoms with van der Waals surface area (Å²) in [6.45, 7) is 2.53. The lowest BCUT2D eigenvalue weighted by molar-refractivity contribution is -0.137. The third-order valence-electron chi connectivity index (χ3n) is 4.34. The number of nitrogens with one attached hydrogen (secondary N) is 2. The Morgan fingerprint density at radius 1 is 0.968 bits per heavy atom. The molecule has 3 aromatic rings. The fourth-order valence-electron chi connectivity index (χ4n) is 2.76. The lowest BCUT2D eigenvalue weighted by atomic mass is 10.2. The summed E-state index contributed by atoms with van der Waals surface area (Å²) in [6.07, 6.45) is -1.08. The third kappa shape index (κ3) is 6.31. The maximum Gasteiger partial charge on any atom is 0.421 e. The summed E-state index contributed by atoms with van der Waals surface area (Å²) >= 11 is 0. The van der Waals surface area contributed by atoms with Gasteiger partial charge in [0, 0.05) is 11.9 Å². The molecule has 2 aromatic carbocycles. The molecule has 0 bridgehead atoms. The van der Waals surface area contributed by atoms with Gasteiger partial charge in [-0.3, -0.25) is 0 Å². The summed E-state index contributed by atoms with van der Waals surface area (Å²) in [5, 5.41) is 5.50. The SMILES string of the molecule is CCCCCOc1ccccc1Nc1nc(Nc2ccc(F)cc2)ncc1C(F)(F)F. The average Bonchev–Trinajstić information content (AvgIpc) is 2.73. The van der Waals surface area contributed by atoms with Gasteiger partial charge in [-0.25, -0.2) is 9.37 Å². The predicted octanol–water partition coefficient (Wildman–Crippen LogP) is 6.69. The minimum atomic E-state index is -4.66. The Hall–Kier alpha value is -3.36. The van der Waals surface area contributed by atoms with Crippen molar-refractivity contribution in [3.63, 3.8) is 0 Å². The zero-order valence-electron chi connectivity index (χ0n) is 16.8. The van der Waals surface area contributed by atoms with Crippen LogP contribution in [-0.2, 0) is 6.18 Å². The lowest BCUT2D eigenvalue weighted by Crippen LogP contribution is -2.13. The summed E-state index contributed by atoms with van der Waals surface area (Å²) in [5.74, 6) is -0.490. The first-order valence-corrected chi connectivity index (χ1v) is 9.82. The molecule has 1 aromatic heterocycles. The molecule has 0 atom stereocenters. The van der Waals surface area contributed by atoms with Crippen LogP contribution in [0.3, 0.4) is 0 Å². The molecule has 0 unspecified atom stereocenters. The fourth-order valence-corrected chi connectivity index (χ4v) is 2.76. The van der Waals surface area contributed by atoms with E-state index in [9.17, 15) is 17.6 Å². The van der Waals surface area contributed by atoms with Crippen molar-refractivity contribution in [1.29, 1.82) is 0 Å². The Morgan fingerprint density at radius 3 is 2.42 bits per heavy atom. The van der Waals surface area contributed by atoms with Crippen molar-refractivity contribution in [3.05, 3.63) is 66.1 Å². The molecular formula is C22H22F4N4O. The molecule has 0 aliphatic heterocycles. The topological polar surface area (TPSA) is 59.1 Å². The number of ether oxygens (including phenoxy) is 1. The Balaban J connectivity index is 1.87. The Bertz CT molecular complexity index is 994. The van der Waals surface area contributed by atoms with E-state index in [2.05, 4.69) is 27.5 Å². The number of para-hydroxylation sites is 2. The standard InChI is InChI=1S/C22H22F4N4O/c1-2-3-6-13-31-19-8-5-4-7-18(19)29-20-17(22(24,25)26)14-27-21(30-20)28-16-11-9-15(23)10-12-16/h4-5,7-12,14H,2-3,6,13H2,1H3,(H2,27,28,29,30). The first kappa shape index (κ1) is 22.3. The highest BCUT2D eigenvalue weighted by atomic mass is 19.4. The number of aromatic nitrogens is 2. The Labute approximate surface area is 177 Å².